The van der Waals surface area contributed by atoms with Crippen LogP contribution in [-0.2, 0) is 11.0 Å². The molecule has 34 heavy (non-hydrogen) atoms. The number of para-hydroxylation sites is 1. The minimum Gasteiger partial charge on any atom is -0.368 e. The zero-order valence-electron chi connectivity index (χ0n) is 18.9. The van der Waals surface area contributed by atoms with E-state index in [4.69, 9.17) is 0 Å². The van der Waals surface area contributed by atoms with Crippen molar-refractivity contribution in [3.05, 3.63) is 70.9 Å². The Morgan fingerprint density at radius 1 is 0.912 bits per heavy atom. The third-order valence-corrected chi connectivity index (χ3v) is 6.76. The third kappa shape index (κ3) is 6.39. The molecule has 1 amide bonds. The van der Waals surface area contributed by atoms with Crippen LogP contribution in [0.5, 0.6) is 0 Å². The summed E-state index contributed by atoms with van der Waals surface area (Å²) in [4.78, 5) is 16.3. The predicted molar refractivity (Wildman–Crippen MR) is 132 cm³/mol. The molecule has 1 aliphatic rings. The van der Waals surface area contributed by atoms with Crippen molar-refractivity contribution >= 4 is 28.6 Å². The fourth-order valence-corrected chi connectivity index (χ4v) is 4.89. The molecule has 1 aliphatic heterocycles. The summed E-state index contributed by atoms with van der Waals surface area (Å²) >= 11 is 1.65. The van der Waals surface area contributed by atoms with Crippen LogP contribution in [0.3, 0.4) is 0 Å². The van der Waals surface area contributed by atoms with Crippen molar-refractivity contribution < 1.29 is 18.0 Å². The number of halogens is 3. The minimum absolute atomic E-state index is 0.00291. The van der Waals surface area contributed by atoms with Crippen LogP contribution < -0.4 is 10.2 Å². The highest BCUT2D eigenvalue weighted by Crippen LogP contribution is 2.36. The van der Waals surface area contributed by atoms with Crippen LogP contribution >= 0.6 is 11.3 Å². The van der Waals surface area contributed by atoms with Gasteiger partial charge in [-0.3, -0.25) is 9.69 Å². The fraction of sp³-hybridized carbons (Fsp3) is 0.346. The molecule has 1 fully saturated rings. The number of carbonyl (C=O) groups excluding carboxylic acids is 1. The van der Waals surface area contributed by atoms with E-state index < -0.39 is 11.7 Å². The topological polar surface area (TPSA) is 35.6 Å². The van der Waals surface area contributed by atoms with Gasteiger partial charge in [0.2, 0.25) is 5.91 Å². The average Bonchev–Trinajstić information content (AvgIpc) is 3.37. The lowest BCUT2D eigenvalue weighted by Crippen LogP contribution is -2.47. The third-order valence-electron chi connectivity index (χ3n) is 6.07. The van der Waals surface area contributed by atoms with Crippen molar-refractivity contribution in [1.82, 2.24) is 4.90 Å². The number of rotatable bonds is 8. The molecular weight excluding hydrogens is 459 g/mol. The van der Waals surface area contributed by atoms with Crippen molar-refractivity contribution in [1.29, 1.82) is 0 Å². The summed E-state index contributed by atoms with van der Waals surface area (Å²) in [6.45, 7) is 3.41. The molecule has 4 rings (SSSR count). The van der Waals surface area contributed by atoms with Crippen LogP contribution in [0, 0.1) is 0 Å². The molecule has 180 valence electrons. The number of nitrogens with zero attached hydrogens (tertiary/aromatic N) is 2. The predicted octanol–water partition coefficient (Wildman–Crippen LogP) is 6.36. The van der Waals surface area contributed by atoms with E-state index in [1.54, 1.807) is 23.5 Å². The SMILES string of the molecule is O=C(CCCCN1CCN(c2ccccc2C(F)(F)F)CC1)Nc1ccc(-c2ccsc2)cc1. The van der Waals surface area contributed by atoms with Crippen molar-refractivity contribution in [3.8, 4) is 11.1 Å². The molecule has 0 radical (unpaired) electrons. The molecule has 1 saturated heterocycles. The van der Waals surface area contributed by atoms with Crippen LogP contribution in [-0.4, -0.2) is 43.5 Å². The Kier molecular flexibility index (Phi) is 7.90. The fourth-order valence-electron chi connectivity index (χ4n) is 4.22. The molecule has 0 bridgehead atoms. The number of alkyl halides is 3. The van der Waals surface area contributed by atoms with Gasteiger partial charge in [0.15, 0.2) is 0 Å². The van der Waals surface area contributed by atoms with Crippen molar-refractivity contribution in [3.63, 3.8) is 0 Å². The molecule has 0 saturated carbocycles. The number of benzene rings is 2. The minimum atomic E-state index is -4.35. The molecule has 2 heterocycles. The van der Waals surface area contributed by atoms with E-state index in [0.717, 1.165) is 49.8 Å². The lowest BCUT2D eigenvalue weighted by molar-refractivity contribution is -0.137. The second-order valence-electron chi connectivity index (χ2n) is 8.44. The van der Waals surface area contributed by atoms with Gasteiger partial charge in [0.25, 0.3) is 0 Å². The normalized spacial score (nSPS) is 14.9. The Balaban J connectivity index is 1.16. The van der Waals surface area contributed by atoms with Crippen LogP contribution in [0.15, 0.2) is 65.4 Å². The van der Waals surface area contributed by atoms with Gasteiger partial charge in [0, 0.05) is 44.0 Å². The lowest BCUT2D eigenvalue weighted by Gasteiger charge is -2.37. The zero-order valence-corrected chi connectivity index (χ0v) is 19.7. The quantitative estimate of drug-likeness (QED) is 0.375. The van der Waals surface area contributed by atoms with Crippen molar-refractivity contribution in [2.75, 3.05) is 42.9 Å². The van der Waals surface area contributed by atoms with Gasteiger partial charge in [-0.2, -0.15) is 24.5 Å². The van der Waals surface area contributed by atoms with Gasteiger partial charge >= 0.3 is 6.18 Å². The summed E-state index contributed by atoms with van der Waals surface area (Å²) in [7, 11) is 0. The van der Waals surface area contributed by atoms with Gasteiger partial charge in [0.05, 0.1) is 5.56 Å². The monoisotopic (exact) mass is 487 g/mol. The summed E-state index contributed by atoms with van der Waals surface area (Å²) in [6, 6.07) is 15.7. The second kappa shape index (κ2) is 11.1. The second-order valence-corrected chi connectivity index (χ2v) is 9.22. The molecule has 1 N–H and O–H groups in total. The molecule has 3 aromatic rings. The van der Waals surface area contributed by atoms with Crippen LogP contribution in [0.4, 0.5) is 24.5 Å². The number of piperazine rings is 1. The van der Waals surface area contributed by atoms with E-state index in [9.17, 15) is 18.0 Å². The van der Waals surface area contributed by atoms with Crippen molar-refractivity contribution in [2.45, 2.75) is 25.4 Å². The standard InChI is InChI=1S/C26H28F3N3OS/c27-26(28,29)23-5-1-2-6-24(23)32-16-14-31(15-17-32)13-4-3-7-25(33)30-22-10-8-20(9-11-22)21-12-18-34-19-21/h1-2,5-6,8-12,18-19H,3-4,7,13-17H2,(H,30,33). The zero-order chi connectivity index (χ0) is 24.0. The lowest BCUT2D eigenvalue weighted by atomic mass is 10.1. The summed E-state index contributed by atoms with van der Waals surface area (Å²) < 4.78 is 39.9. The number of hydrogen-bond acceptors (Lipinski definition) is 4. The maximum absolute atomic E-state index is 13.3. The Hall–Kier alpha value is -2.84. The van der Waals surface area contributed by atoms with Gasteiger partial charge in [-0.15, -0.1) is 0 Å². The summed E-state index contributed by atoms with van der Waals surface area (Å²) in [5.41, 5.74) is 2.78. The molecule has 2 aromatic carbocycles. The van der Waals surface area contributed by atoms with Crippen LogP contribution in [0.25, 0.3) is 11.1 Å². The molecule has 0 spiro atoms. The Labute approximate surface area is 202 Å². The van der Waals surface area contributed by atoms with E-state index >= 15 is 0 Å². The van der Waals surface area contributed by atoms with Gasteiger partial charge in [-0.05, 0) is 71.6 Å². The van der Waals surface area contributed by atoms with Gasteiger partial charge in [-0.1, -0.05) is 24.3 Å². The molecule has 0 aliphatic carbocycles. The molecule has 0 unspecified atom stereocenters. The first-order valence-electron chi connectivity index (χ1n) is 11.5. The Morgan fingerprint density at radius 2 is 1.65 bits per heavy atom. The summed E-state index contributed by atoms with van der Waals surface area (Å²) in [5, 5.41) is 7.08. The first kappa shape index (κ1) is 24.3. The van der Waals surface area contributed by atoms with Gasteiger partial charge in [0.1, 0.15) is 0 Å². The van der Waals surface area contributed by atoms with E-state index in [-0.39, 0.29) is 11.6 Å². The number of nitrogens with one attached hydrogen (secondary N) is 1. The number of carbonyl (C=O) groups is 1. The maximum atomic E-state index is 13.3. The Morgan fingerprint density at radius 3 is 2.32 bits per heavy atom. The van der Waals surface area contributed by atoms with E-state index in [1.807, 2.05) is 34.5 Å². The molecule has 4 nitrogen and oxygen atoms in total. The van der Waals surface area contributed by atoms with Gasteiger partial charge in [-0.25, -0.2) is 0 Å². The number of thiophene rings is 1. The first-order valence-corrected chi connectivity index (χ1v) is 12.4. The largest absolute Gasteiger partial charge is 0.418 e. The van der Waals surface area contributed by atoms with E-state index in [0.29, 0.717) is 19.5 Å². The maximum Gasteiger partial charge on any atom is 0.418 e. The van der Waals surface area contributed by atoms with Crippen molar-refractivity contribution in [2.24, 2.45) is 0 Å². The van der Waals surface area contributed by atoms with E-state index in [1.165, 1.54) is 11.6 Å². The number of unbranched alkanes of at least 4 members (excludes halogenated alkanes) is 1. The summed E-state index contributed by atoms with van der Waals surface area (Å²) in [5.74, 6) is -0.00291. The highest BCUT2D eigenvalue weighted by molar-refractivity contribution is 7.08. The van der Waals surface area contributed by atoms with E-state index in [2.05, 4.69) is 21.7 Å². The molecule has 0 atom stereocenters. The highest BCUT2D eigenvalue weighted by Gasteiger charge is 2.35. The molecule has 8 heteroatoms. The molecule has 1 aromatic heterocycles. The highest BCUT2D eigenvalue weighted by atomic mass is 32.1. The number of hydrogen-bond donors (Lipinski definition) is 1. The summed E-state index contributed by atoms with van der Waals surface area (Å²) in [6.07, 6.45) is -2.24. The van der Waals surface area contributed by atoms with Crippen LogP contribution in [0.1, 0.15) is 24.8 Å². The smallest absolute Gasteiger partial charge is 0.368 e. The van der Waals surface area contributed by atoms with Gasteiger partial charge < -0.3 is 10.2 Å². The number of anilines is 2. The molecular formula is C26H28F3N3OS. The first-order chi connectivity index (χ1) is 16.4. The number of amides is 1. The average molecular weight is 488 g/mol. The van der Waals surface area contributed by atoms with Crippen LogP contribution in [0.2, 0.25) is 0 Å². The Bertz CT molecular complexity index is 1060.